The Morgan fingerprint density at radius 3 is 2.58 bits per heavy atom. The van der Waals surface area contributed by atoms with Crippen LogP contribution in [-0.2, 0) is 14.3 Å². The zero-order valence-corrected chi connectivity index (χ0v) is 16.2. The largest absolute Gasteiger partial charge is 0.459 e. The first-order valence-electron chi connectivity index (χ1n) is 8.45. The lowest BCUT2D eigenvalue weighted by Gasteiger charge is -2.33. The lowest BCUT2D eigenvalue weighted by molar-refractivity contribution is -0.163. The number of hydrogen-bond acceptors (Lipinski definition) is 6. The van der Waals surface area contributed by atoms with Gasteiger partial charge in [-0.1, -0.05) is 13.8 Å². The Hall–Kier alpha value is -1.27. The van der Waals surface area contributed by atoms with Crippen LogP contribution in [0.4, 0.5) is 0 Å². The topological polar surface area (TPSA) is 68.3 Å². The third-order valence-electron chi connectivity index (χ3n) is 4.19. The minimum Gasteiger partial charge on any atom is -0.459 e. The van der Waals surface area contributed by atoms with Crippen molar-refractivity contribution in [1.29, 1.82) is 0 Å². The molecule has 1 aromatic heterocycles. The summed E-state index contributed by atoms with van der Waals surface area (Å²) in [4.78, 5) is 29.6. The maximum atomic E-state index is 13.0. The Balaban J connectivity index is 2.37. The van der Waals surface area contributed by atoms with Gasteiger partial charge >= 0.3 is 5.97 Å². The normalized spacial score (nSPS) is 27.5. The van der Waals surface area contributed by atoms with E-state index in [2.05, 4.69) is 24.1 Å². The van der Waals surface area contributed by atoms with Gasteiger partial charge in [-0.05, 0) is 46.5 Å². The van der Waals surface area contributed by atoms with E-state index in [0.717, 1.165) is 5.01 Å². The van der Waals surface area contributed by atoms with Crippen molar-refractivity contribution in [3.05, 3.63) is 16.6 Å². The van der Waals surface area contributed by atoms with Crippen LogP contribution in [0.2, 0.25) is 0 Å². The minimum absolute atomic E-state index is 0.0805. The van der Waals surface area contributed by atoms with Crippen LogP contribution in [0.5, 0.6) is 0 Å². The van der Waals surface area contributed by atoms with Gasteiger partial charge in [-0.15, -0.1) is 11.3 Å². The average molecular weight is 352 g/mol. The molecule has 1 aliphatic rings. The predicted molar refractivity (Wildman–Crippen MR) is 94.8 cm³/mol. The number of Topliss-reactive ketones (excluding diaryl/α,β-unsaturated/α-hetero) is 1. The Morgan fingerprint density at radius 1 is 1.46 bits per heavy atom. The average Bonchev–Trinajstić information content (AvgIpc) is 3.02. The molecule has 1 fully saturated rings. The fraction of sp³-hybridized carbons (Fsp3) is 0.722. The van der Waals surface area contributed by atoms with E-state index in [1.54, 1.807) is 13.1 Å². The van der Waals surface area contributed by atoms with Crippen molar-refractivity contribution in [3.63, 3.8) is 0 Å². The highest BCUT2D eigenvalue weighted by Gasteiger charge is 2.54. The monoisotopic (exact) mass is 352 g/mol. The van der Waals surface area contributed by atoms with Gasteiger partial charge in [0.15, 0.2) is 0 Å². The number of esters is 1. The van der Waals surface area contributed by atoms with Gasteiger partial charge in [0.2, 0.25) is 0 Å². The van der Waals surface area contributed by atoms with E-state index >= 15 is 0 Å². The number of carbonyl (C=O) groups excluding carboxylic acids is 2. The van der Waals surface area contributed by atoms with E-state index in [1.807, 2.05) is 26.2 Å². The summed E-state index contributed by atoms with van der Waals surface area (Å²) in [6.07, 6.45) is 2.82. The molecule has 0 radical (unpaired) electrons. The lowest BCUT2D eigenvalue weighted by Crippen LogP contribution is -2.52. The summed E-state index contributed by atoms with van der Waals surface area (Å²) in [6, 6.07) is -0.228. The smallest absolute Gasteiger partial charge is 0.326 e. The third kappa shape index (κ3) is 4.22. The molecule has 2 rings (SSSR count). The van der Waals surface area contributed by atoms with Crippen molar-refractivity contribution < 1.29 is 14.3 Å². The molecule has 0 saturated carbocycles. The zero-order chi connectivity index (χ0) is 18.1. The Morgan fingerprint density at radius 2 is 2.12 bits per heavy atom. The van der Waals surface area contributed by atoms with E-state index < -0.39 is 11.1 Å². The van der Waals surface area contributed by atoms with Gasteiger partial charge in [0.1, 0.15) is 21.9 Å². The standard InChI is InChI=1S/C18H28N2O3S/c1-11(2)9-18(16(22)23-17(4,5)6)10-13(12(3)21)14(20-18)15-19-7-8-24-15/h7-8,11,13-14,20H,9-10H2,1-6H3. The number of aromatic nitrogens is 1. The Labute approximate surface area is 148 Å². The summed E-state index contributed by atoms with van der Waals surface area (Å²) in [6.45, 7) is 11.3. The molecule has 0 amide bonds. The van der Waals surface area contributed by atoms with Crippen molar-refractivity contribution in [2.75, 3.05) is 0 Å². The third-order valence-corrected chi connectivity index (χ3v) is 5.05. The van der Waals surface area contributed by atoms with Crippen LogP contribution in [0.25, 0.3) is 0 Å². The molecule has 0 bridgehead atoms. The molecule has 2 heterocycles. The fourth-order valence-corrected chi connectivity index (χ4v) is 4.14. The first-order valence-corrected chi connectivity index (χ1v) is 9.33. The van der Waals surface area contributed by atoms with E-state index in [0.29, 0.717) is 18.8 Å². The van der Waals surface area contributed by atoms with Crippen LogP contribution in [0, 0.1) is 11.8 Å². The Kier molecular flexibility index (Phi) is 5.50. The van der Waals surface area contributed by atoms with Crippen LogP contribution < -0.4 is 5.32 Å². The van der Waals surface area contributed by atoms with E-state index in [-0.39, 0.29) is 23.7 Å². The number of ketones is 1. The second-order valence-corrected chi connectivity index (χ2v) is 9.02. The molecule has 6 heteroatoms. The molecule has 0 aliphatic carbocycles. The van der Waals surface area contributed by atoms with Crippen LogP contribution in [0.3, 0.4) is 0 Å². The molecule has 0 aromatic carbocycles. The molecule has 5 nitrogen and oxygen atoms in total. The highest BCUT2D eigenvalue weighted by Crippen LogP contribution is 2.43. The maximum Gasteiger partial charge on any atom is 0.326 e. The van der Waals surface area contributed by atoms with Gasteiger partial charge in [0.05, 0.1) is 6.04 Å². The molecule has 134 valence electrons. The van der Waals surface area contributed by atoms with Crippen molar-refractivity contribution >= 4 is 23.1 Å². The first-order chi connectivity index (χ1) is 11.0. The summed E-state index contributed by atoms with van der Waals surface area (Å²) in [7, 11) is 0. The summed E-state index contributed by atoms with van der Waals surface area (Å²) < 4.78 is 5.69. The molecule has 1 aliphatic heterocycles. The fourth-order valence-electron chi connectivity index (χ4n) is 3.39. The number of ether oxygens (including phenoxy) is 1. The minimum atomic E-state index is -0.839. The van der Waals surface area contributed by atoms with Crippen LogP contribution in [0.15, 0.2) is 11.6 Å². The molecule has 1 saturated heterocycles. The summed E-state index contributed by atoms with van der Waals surface area (Å²) >= 11 is 1.51. The van der Waals surface area contributed by atoms with Gasteiger partial charge in [-0.2, -0.15) is 0 Å². The maximum absolute atomic E-state index is 13.0. The summed E-state index contributed by atoms with van der Waals surface area (Å²) in [5, 5.41) is 6.19. The summed E-state index contributed by atoms with van der Waals surface area (Å²) in [5.74, 6) is -0.152. The molecular weight excluding hydrogens is 324 g/mol. The molecule has 0 spiro atoms. The Bertz CT molecular complexity index is 592. The second kappa shape index (κ2) is 6.92. The van der Waals surface area contributed by atoms with Crippen molar-refractivity contribution in [2.45, 2.75) is 71.6 Å². The molecule has 3 unspecified atom stereocenters. The van der Waals surface area contributed by atoms with E-state index in [9.17, 15) is 9.59 Å². The van der Waals surface area contributed by atoms with Gasteiger partial charge in [-0.3, -0.25) is 14.9 Å². The molecular formula is C18H28N2O3S. The molecule has 24 heavy (non-hydrogen) atoms. The highest BCUT2D eigenvalue weighted by atomic mass is 32.1. The highest BCUT2D eigenvalue weighted by molar-refractivity contribution is 7.09. The van der Waals surface area contributed by atoms with Gasteiger partial charge in [0.25, 0.3) is 0 Å². The number of carbonyl (C=O) groups is 2. The number of thiazole rings is 1. The SMILES string of the molecule is CC(=O)C1CC(CC(C)C)(C(=O)OC(C)(C)C)NC1c1nccs1. The van der Waals surface area contributed by atoms with Crippen molar-refractivity contribution in [2.24, 2.45) is 11.8 Å². The quantitative estimate of drug-likeness (QED) is 0.821. The lowest BCUT2D eigenvalue weighted by atomic mass is 9.83. The van der Waals surface area contributed by atoms with Gasteiger partial charge in [0, 0.05) is 17.5 Å². The number of rotatable bonds is 5. The number of nitrogens with zero attached hydrogens (tertiary/aromatic N) is 1. The van der Waals surface area contributed by atoms with Gasteiger partial charge in [-0.25, -0.2) is 4.98 Å². The molecule has 1 aromatic rings. The predicted octanol–water partition coefficient (Wildman–Crippen LogP) is 3.51. The van der Waals surface area contributed by atoms with Crippen LogP contribution in [-0.4, -0.2) is 27.9 Å². The van der Waals surface area contributed by atoms with E-state index in [1.165, 1.54) is 11.3 Å². The van der Waals surface area contributed by atoms with Crippen LogP contribution in [0.1, 0.15) is 65.4 Å². The zero-order valence-electron chi connectivity index (χ0n) is 15.4. The second-order valence-electron chi connectivity index (χ2n) is 8.10. The summed E-state index contributed by atoms with van der Waals surface area (Å²) in [5.41, 5.74) is -1.40. The van der Waals surface area contributed by atoms with E-state index in [4.69, 9.17) is 4.74 Å². The number of hydrogen-bond donors (Lipinski definition) is 1. The first kappa shape index (κ1) is 19.1. The molecule has 3 atom stereocenters. The van der Waals surface area contributed by atoms with Crippen LogP contribution >= 0.6 is 11.3 Å². The number of nitrogens with one attached hydrogen (secondary N) is 1. The van der Waals surface area contributed by atoms with Crippen molar-refractivity contribution in [1.82, 2.24) is 10.3 Å². The van der Waals surface area contributed by atoms with Crippen molar-refractivity contribution in [3.8, 4) is 0 Å². The molecule has 1 N–H and O–H groups in total. The van der Waals surface area contributed by atoms with Gasteiger partial charge < -0.3 is 4.74 Å².